The summed E-state index contributed by atoms with van der Waals surface area (Å²) in [5.41, 5.74) is 0.685. The van der Waals surface area contributed by atoms with Gasteiger partial charge in [-0.1, -0.05) is 0 Å². The minimum Gasteiger partial charge on any atom is -0.357 e. The van der Waals surface area contributed by atoms with Gasteiger partial charge >= 0.3 is 0 Å². The molecule has 0 fully saturated rings. The van der Waals surface area contributed by atoms with Crippen LogP contribution in [0, 0.1) is 0 Å². The lowest BCUT2D eigenvalue weighted by Gasteiger charge is -2.06. The van der Waals surface area contributed by atoms with Gasteiger partial charge in [0.15, 0.2) is 0 Å². The summed E-state index contributed by atoms with van der Waals surface area (Å²) in [4.78, 5) is 15.2. The lowest BCUT2D eigenvalue weighted by molar-refractivity contribution is 0.499. The molecule has 0 atom stereocenters. The predicted molar refractivity (Wildman–Crippen MR) is 50.7 cm³/mol. The SMILES string of the molecule is O=P(O)(c1ccc[nH]1)c1ccc[nH]1. The Morgan fingerprint density at radius 2 is 1.54 bits per heavy atom. The van der Waals surface area contributed by atoms with Gasteiger partial charge in [-0.25, -0.2) is 0 Å². The molecule has 0 spiro atoms. The van der Waals surface area contributed by atoms with Gasteiger partial charge in [0.1, 0.15) is 10.9 Å². The molecule has 0 bridgehead atoms. The molecule has 2 aromatic rings. The molecular weight excluding hydrogens is 187 g/mol. The van der Waals surface area contributed by atoms with Crippen molar-refractivity contribution in [1.82, 2.24) is 9.97 Å². The number of hydrogen-bond donors (Lipinski definition) is 3. The normalized spacial score (nSPS) is 11.8. The van der Waals surface area contributed by atoms with Crippen molar-refractivity contribution in [2.24, 2.45) is 0 Å². The van der Waals surface area contributed by atoms with Crippen LogP contribution in [0.25, 0.3) is 0 Å². The van der Waals surface area contributed by atoms with Crippen molar-refractivity contribution >= 4 is 18.2 Å². The molecule has 13 heavy (non-hydrogen) atoms. The quantitative estimate of drug-likeness (QED) is 0.614. The van der Waals surface area contributed by atoms with Gasteiger partial charge in [0.2, 0.25) is 0 Å². The Morgan fingerprint density at radius 3 is 1.85 bits per heavy atom. The maximum atomic E-state index is 11.8. The van der Waals surface area contributed by atoms with E-state index in [2.05, 4.69) is 9.97 Å². The van der Waals surface area contributed by atoms with Crippen molar-refractivity contribution in [3.63, 3.8) is 0 Å². The average Bonchev–Trinajstić information content (AvgIpc) is 2.78. The first-order valence-electron chi connectivity index (χ1n) is 3.82. The molecule has 0 aliphatic carbocycles. The highest BCUT2D eigenvalue weighted by Crippen LogP contribution is 2.36. The van der Waals surface area contributed by atoms with Gasteiger partial charge in [-0.3, -0.25) is 4.57 Å². The van der Waals surface area contributed by atoms with E-state index in [-0.39, 0.29) is 0 Å². The lowest BCUT2D eigenvalue weighted by atomic mass is 10.7. The van der Waals surface area contributed by atoms with E-state index in [0.29, 0.717) is 10.9 Å². The molecule has 0 saturated heterocycles. The highest BCUT2D eigenvalue weighted by molar-refractivity contribution is 7.73. The molecule has 0 radical (unpaired) electrons. The van der Waals surface area contributed by atoms with Gasteiger partial charge in [-0.2, -0.15) is 0 Å². The summed E-state index contributed by atoms with van der Waals surface area (Å²) in [5, 5.41) is 0. The van der Waals surface area contributed by atoms with Crippen molar-refractivity contribution < 1.29 is 9.46 Å². The summed E-state index contributed by atoms with van der Waals surface area (Å²) >= 11 is 0. The number of aromatic amines is 2. The number of rotatable bonds is 2. The van der Waals surface area contributed by atoms with E-state index in [1.54, 1.807) is 36.7 Å². The maximum absolute atomic E-state index is 11.8. The highest BCUT2D eigenvalue weighted by atomic mass is 31.2. The van der Waals surface area contributed by atoms with Crippen LogP contribution in [0.4, 0.5) is 0 Å². The summed E-state index contributed by atoms with van der Waals surface area (Å²) in [6.07, 6.45) is 3.25. The number of H-pyrrole nitrogens is 2. The molecule has 2 heterocycles. The van der Waals surface area contributed by atoms with E-state index in [0.717, 1.165) is 0 Å². The third-order valence-electron chi connectivity index (χ3n) is 1.82. The van der Waals surface area contributed by atoms with Gasteiger partial charge in [-0.05, 0) is 24.3 Å². The molecule has 4 nitrogen and oxygen atoms in total. The average molecular weight is 196 g/mol. The number of aromatic nitrogens is 2. The van der Waals surface area contributed by atoms with Gasteiger partial charge in [-0.15, -0.1) is 0 Å². The Hall–Kier alpha value is -1.25. The Balaban J connectivity index is 2.49. The van der Waals surface area contributed by atoms with Crippen molar-refractivity contribution in [3.8, 4) is 0 Å². The maximum Gasteiger partial charge on any atom is 0.290 e. The monoisotopic (exact) mass is 196 g/mol. The minimum atomic E-state index is -3.41. The van der Waals surface area contributed by atoms with Gasteiger partial charge < -0.3 is 14.9 Å². The van der Waals surface area contributed by atoms with Crippen molar-refractivity contribution in [1.29, 1.82) is 0 Å². The van der Waals surface area contributed by atoms with Gasteiger partial charge in [0.05, 0.1) is 0 Å². The Labute approximate surface area is 75.1 Å². The van der Waals surface area contributed by atoms with Gasteiger partial charge in [0.25, 0.3) is 7.37 Å². The fourth-order valence-corrected chi connectivity index (χ4v) is 2.48. The summed E-state index contributed by atoms with van der Waals surface area (Å²) in [5.74, 6) is 0. The summed E-state index contributed by atoms with van der Waals surface area (Å²) in [7, 11) is -3.41. The topological polar surface area (TPSA) is 68.9 Å². The molecule has 5 heteroatoms. The van der Waals surface area contributed by atoms with Crippen LogP contribution in [0.3, 0.4) is 0 Å². The number of nitrogens with one attached hydrogen (secondary N) is 2. The van der Waals surface area contributed by atoms with E-state index in [4.69, 9.17) is 0 Å². The van der Waals surface area contributed by atoms with E-state index in [9.17, 15) is 9.46 Å². The van der Waals surface area contributed by atoms with Crippen molar-refractivity contribution in [2.45, 2.75) is 0 Å². The second-order valence-corrected chi connectivity index (χ2v) is 4.80. The van der Waals surface area contributed by atoms with Crippen molar-refractivity contribution in [3.05, 3.63) is 36.7 Å². The molecule has 0 unspecified atom stereocenters. The van der Waals surface area contributed by atoms with E-state index in [1.165, 1.54) is 0 Å². The first-order chi connectivity index (χ1) is 6.21. The molecule has 0 saturated carbocycles. The summed E-state index contributed by atoms with van der Waals surface area (Å²) in [6, 6.07) is 6.59. The number of hydrogen-bond acceptors (Lipinski definition) is 1. The third-order valence-corrected chi connectivity index (χ3v) is 3.68. The van der Waals surface area contributed by atoms with E-state index in [1.807, 2.05) is 0 Å². The molecule has 3 N–H and O–H groups in total. The molecule has 0 aliphatic heterocycles. The summed E-state index contributed by atoms with van der Waals surface area (Å²) < 4.78 is 11.8. The van der Waals surface area contributed by atoms with Crippen LogP contribution < -0.4 is 10.9 Å². The van der Waals surface area contributed by atoms with Crippen LogP contribution in [-0.4, -0.2) is 14.9 Å². The highest BCUT2D eigenvalue weighted by Gasteiger charge is 2.25. The van der Waals surface area contributed by atoms with Crippen LogP contribution in [0.1, 0.15) is 0 Å². The molecule has 2 rings (SSSR count). The Kier molecular flexibility index (Phi) is 1.87. The molecule has 2 aromatic heterocycles. The van der Waals surface area contributed by atoms with E-state index < -0.39 is 7.37 Å². The first kappa shape index (κ1) is 8.35. The van der Waals surface area contributed by atoms with E-state index >= 15 is 0 Å². The zero-order chi connectivity index (χ0) is 9.31. The second-order valence-electron chi connectivity index (χ2n) is 2.69. The zero-order valence-corrected chi connectivity index (χ0v) is 7.66. The molecular formula is C8H9N2O2P. The van der Waals surface area contributed by atoms with Gasteiger partial charge in [0, 0.05) is 12.4 Å². The molecule has 0 aromatic carbocycles. The van der Waals surface area contributed by atoms with Crippen LogP contribution in [-0.2, 0) is 4.57 Å². The van der Waals surface area contributed by atoms with Crippen LogP contribution in [0.2, 0.25) is 0 Å². The van der Waals surface area contributed by atoms with Crippen LogP contribution in [0.15, 0.2) is 36.7 Å². The van der Waals surface area contributed by atoms with Crippen LogP contribution in [0.5, 0.6) is 0 Å². The second kappa shape index (κ2) is 2.91. The first-order valence-corrected chi connectivity index (χ1v) is 5.48. The van der Waals surface area contributed by atoms with Crippen LogP contribution >= 0.6 is 7.37 Å². The zero-order valence-electron chi connectivity index (χ0n) is 6.77. The fraction of sp³-hybridized carbons (Fsp3) is 0. The standard InChI is InChI=1S/C8H9N2O2P/c11-13(12,7-3-1-5-9-7)8-4-2-6-10-8/h1-6,9-10H,(H,11,12). The lowest BCUT2D eigenvalue weighted by Crippen LogP contribution is -2.16. The van der Waals surface area contributed by atoms with Crippen molar-refractivity contribution in [2.75, 3.05) is 0 Å². The third kappa shape index (κ3) is 1.34. The fourth-order valence-electron chi connectivity index (χ4n) is 1.15. The Morgan fingerprint density at radius 1 is 1.08 bits per heavy atom. The smallest absolute Gasteiger partial charge is 0.290 e. The Bertz CT molecular complexity index is 381. The predicted octanol–water partition coefficient (Wildman–Crippen LogP) is 0.564. The molecule has 0 aliphatic rings. The minimum absolute atomic E-state index is 0.343. The largest absolute Gasteiger partial charge is 0.357 e. The molecule has 0 amide bonds. The molecule has 68 valence electrons. The summed E-state index contributed by atoms with van der Waals surface area (Å²) in [6.45, 7) is 0.